The maximum absolute atomic E-state index is 4.28. The molecule has 50 valence electrons. The quantitative estimate of drug-likeness (QED) is 0.561. The van der Waals surface area contributed by atoms with Crippen molar-refractivity contribution in [2.45, 2.75) is 0 Å². The van der Waals surface area contributed by atoms with Crippen molar-refractivity contribution in [3.8, 4) is 0 Å². The number of thioether (sulfide) groups is 1. The van der Waals surface area contributed by atoms with Crippen LogP contribution >= 0.6 is 35.3 Å². The van der Waals surface area contributed by atoms with Crippen LogP contribution in [-0.4, -0.2) is 28.1 Å². The van der Waals surface area contributed by atoms with Crippen molar-refractivity contribution in [3.05, 3.63) is 0 Å². The van der Waals surface area contributed by atoms with Gasteiger partial charge in [0.05, 0.1) is 0 Å². The van der Waals surface area contributed by atoms with Gasteiger partial charge >= 0.3 is 0 Å². The molecule has 1 fully saturated rings. The van der Waals surface area contributed by atoms with E-state index >= 15 is 0 Å². The highest BCUT2D eigenvalue weighted by Gasteiger charge is 2.06. The van der Waals surface area contributed by atoms with Crippen molar-refractivity contribution in [1.82, 2.24) is 0 Å². The second-order valence-corrected chi connectivity index (χ2v) is 6.46. The fourth-order valence-electron chi connectivity index (χ4n) is 0.743. The van der Waals surface area contributed by atoms with Gasteiger partial charge in [-0.15, -0.1) is 0 Å². The van der Waals surface area contributed by atoms with E-state index in [1.54, 1.807) is 0 Å². The van der Waals surface area contributed by atoms with Gasteiger partial charge in [-0.3, -0.25) is 0 Å². The van der Waals surface area contributed by atoms with E-state index in [0.717, 1.165) is 5.08 Å². The lowest BCUT2D eigenvalue weighted by molar-refractivity contribution is 1.40. The van der Waals surface area contributed by atoms with E-state index in [-0.39, 0.29) is 0 Å². The summed E-state index contributed by atoms with van der Waals surface area (Å²) >= 11 is 6.38. The van der Waals surface area contributed by atoms with Gasteiger partial charge in [-0.2, -0.15) is 24.4 Å². The van der Waals surface area contributed by atoms with Gasteiger partial charge in [0.1, 0.15) is 0 Å². The summed E-state index contributed by atoms with van der Waals surface area (Å²) in [4.78, 5) is 0. The Morgan fingerprint density at radius 1 is 1.38 bits per heavy atom. The van der Waals surface area contributed by atoms with E-state index in [0.29, 0.717) is 10.9 Å². The van der Waals surface area contributed by atoms with Gasteiger partial charge in [-0.1, -0.05) is 0 Å². The molecule has 0 N–H and O–H groups in total. The molecule has 1 aliphatic heterocycles. The van der Waals surface area contributed by atoms with Crippen molar-refractivity contribution in [2.24, 2.45) is 0 Å². The van der Waals surface area contributed by atoms with Gasteiger partial charge in [-0.25, -0.2) is 10.9 Å². The van der Waals surface area contributed by atoms with Crippen LogP contribution in [0, 0.1) is 0 Å². The Morgan fingerprint density at radius 2 is 2.00 bits per heavy atom. The van der Waals surface area contributed by atoms with E-state index in [2.05, 4.69) is 24.4 Å². The van der Waals surface area contributed by atoms with Gasteiger partial charge in [-0.05, 0) is 11.5 Å². The van der Waals surface area contributed by atoms with Crippen LogP contribution in [0.25, 0.3) is 0 Å². The summed E-state index contributed by atoms with van der Waals surface area (Å²) in [6, 6.07) is 0. The zero-order valence-electron chi connectivity index (χ0n) is 4.84. The van der Waals surface area contributed by atoms with Crippen LogP contribution in [0.5, 0.6) is 0 Å². The van der Waals surface area contributed by atoms with Crippen LogP contribution in [0.15, 0.2) is 0 Å². The van der Waals surface area contributed by atoms with Crippen LogP contribution in [-0.2, 0) is 0 Å². The molecule has 0 aliphatic carbocycles. The number of rotatable bonds is 1. The molecule has 0 aromatic heterocycles. The van der Waals surface area contributed by atoms with Crippen LogP contribution in [0.1, 0.15) is 0 Å². The lowest BCUT2D eigenvalue weighted by Gasteiger charge is -2.22. The fourth-order valence-corrected chi connectivity index (χ4v) is 5.40. The summed E-state index contributed by atoms with van der Waals surface area (Å²) in [6.07, 6.45) is 0. The maximum Gasteiger partial charge on any atom is 0.0182 e. The Balaban J connectivity index is 2.13. The van der Waals surface area contributed by atoms with Crippen LogP contribution in [0.3, 0.4) is 0 Å². The minimum atomic E-state index is 0.374. The van der Waals surface area contributed by atoms with Crippen molar-refractivity contribution in [2.75, 3.05) is 28.1 Å². The van der Waals surface area contributed by atoms with Crippen molar-refractivity contribution in [3.63, 3.8) is 0 Å². The average Bonchev–Trinajstić information content (AvgIpc) is 1.90. The SMILES string of the molecule is SC[SH]1CCSCC1. The minimum Gasteiger partial charge on any atom is -0.243 e. The second-order valence-electron chi connectivity index (χ2n) is 1.87. The largest absolute Gasteiger partial charge is 0.243 e. The number of thiol groups is 2. The molecule has 8 heavy (non-hydrogen) atoms. The van der Waals surface area contributed by atoms with Crippen molar-refractivity contribution in [1.29, 1.82) is 0 Å². The van der Waals surface area contributed by atoms with Crippen LogP contribution in [0.4, 0.5) is 0 Å². The molecule has 1 rings (SSSR count). The van der Waals surface area contributed by atoms with Gasteiger partial charge in [0.25, 0.3) is 0 Å². The normalized spacial score (nSPS) is 25.9. The molecule has 0 spiro atoms. The Bertz CT molecular complexity index is 58.7. The molecule has 0 atom stereocenters. The van der Waals surface area contributed by atoms with E-state index in [9.17, 15) is 0 Å². The molecule has 0 amide bonds. The second kappa shape index (κ2) is 3.96. The van der Waals surface area contributed by atoms with Gasteiger partial charge in [0.2, 0.25) is 0 Å². The summed E-state index contributed by atoms with van der Waals surface area (Å²) < 4.78 is 0. The zero-order valence-corrected chi connectivity index (χ0v) is 7.44. The average molecular weight is 168 g/mol. The smallest absolute Gasteiger partial charge is 0.0182 e. The Kier molecular flexibility index (Phi) is 3.55. The molecular weight excluding hydrogens is 156 g/mol. The molecule has 0 aromatic rings. The van der Waals surface area contributed by atoms with Gasteiger partial charge in [0.15, 0.2) is 0 Å². The molecule has 1 saturated heterocycles. The van der Waals surface area contributed by atoms with Gasteiger partial charge in [0, 0.05) is 16.6 Å². The molecule has 1 heterocycles. The molecule has 0 nitrogen and oxygen atoms in total. The predicted octanol–water partition coefficient (Wildman–Crippen LogP) is 1.62. The zero-order chi connectivity index (χ0) is 5.82. The summed E-state index contributed by atoms with van der Waals surface area (Å²) in [5.74, 6) is 5.71. The van der Waals surface area contributed by atoms with Crippen LogP contribution < -0.4 is 0 Å². The van der Waals surface area contributed by atoms with Crippen LogP contribution in [0.2, 0.25) is 0 Å². The molecule has 0 unspecified atom stereocenters. The number of hydrogen-bond donors (Lipinski definition) is 2. The topological polar surface area (TPSA) is 0 Å². The highest BCUT2D eigenvalue weighted by molar-refractivity contribution is 8.24. The Morgan fingerprint density at radius 3 is 2.38 bits per heavy atom. The van der Waals surface area contributed by atoms with Gasteiger partial charge < -0.3 is 0 Å². The predicted molar refractivity (Wildman–Crippen MR) is 49.9 cm³/mol. The van der Waals surface area contributed by atoms with E-state index < -0.39 is 0 Å². The summed E-state index contributed by atoms with van der Waals surface area (Å²) in [7, 11) is 0.374. The molecule has 0 radical (unpaired) electrons. The third-order valence-electron chi connectivity index (χ3n) is 1.30. The first-order valence-corrected chi connectivity index (χ1v) is 6.53. The highest BCUT2D eigenvalue weighted by atomic mass is 32.2. The first-order valence-electron chi connectivity index (χ1n) is 2.84. The monoisotopic (exact) mass is 168 g/mol. The van der Waals surface area contributed by atoms with Crippen molar-refractivity contribution < 1.29 is 0 Å². The standard InChI is InChI=1S/C5H12S3/c6-5-8-3-1-7-2-4-8/h6,8H,1-5H2. The first kappa shape index (κ1) is 7.16. The fraction of sp³-hybridized carbons (Fsp3) is 1.00. The Hall–Kier alpha value is 1.05. The first-order chi connectivity index (χ1) is 3.93. The minimum absolute atomic E-state index is 0.374. The molecular formula is C5H12S3. The summed E-state index contributed by atoms with van der Waals surface area (Å²) in [6.45, 7) is 0. The molecule has 1 aliphatic rings. The molecule has 3 heteroatoms. The lowest BCUT2D eigenvalue weighted by atomic mass is 10.9. The molecule has 0 bridgehead atoms. The van der Waals surface area contributed by atoms with E-state index in [1.165, 1.54) is 23.0 Å². The summed E-state index contributed by atoms with van der Waals surface area (Å²) in [5.41, 5.74) is 0. The van der Waals surface area contributed by atoms with E-state index in [4.69, 9.17) is 0 Å². The molecule has 0 aromatic carbocycles. The van der Waals surface area contributed by atoms with Crippen molar-refractivity contribution >= 4 is 35.3 Å². The Labute approximate surface area is 63.6 Å². The lowest BCUT2D eigenvalue weighted by Crippen LogP contribution is -2.07. The summed E-state index contributed by atoms with van der Waals surface area (Å²) in [5, 5.41) is 1.16. The maximum atomic E-state index is 4.28. The number of hydrogen-bond acceptors (Lipinski definition) is 2. The highest BCUT2D eigenvalue weighted by Crippen LogP contribution is 2.32. The molecule has 0 saturated carbocycles. The third-order valence-corrected chi connectivity index (χ3v) is 6.21. The third kappa shape index (κ3) is 2.11. The van der Waals surface area contributed by atoms with E-state index in [1.807, 2.05) is 0 Å².